The van der Waals surface area contributed by atoms with Gasteiger partial charge in [-0.1, -0.05) is 48.5 Å². The summed E-state index contributed by atoms with van der Waals surface area (Å²) in [6.07, 6.45) is 5.67. The minimum atomic E-state index is -1.85. The third-order valence-electron chi connectivity index (χ3n) is 5.34. The molecule has 1 aliphatic heterocycles. The highest BCUT2D eigenvalue weighted by molar-refractivity contribution is 6.10. The number of fused-ring (bicyclic) bond motifs is 1. The number of furan rings is 1. The van der Waals surface area contributed by atoms with Crippen LogP contribution in [0.2, 0.25) is 0 Å². The topological polar surface area (TPSA) is 70.7 Å². The van der Waals surface area contributed by atoms with Crippen molar-refractivity contribution >= 4 is 23.5 Å². The number of allylic oxidation sites excluding steroid dienone is 1. The molecule has 4 rings (SSSR count). The number of aryl methyl sites for hydroxylation is 1. The van der Waals surface area contributed by atoms with Crippen LogP contribution in [0.25, 0.3) is 6.08 Å². The normalized spacial score (nSPS) is 18.2. The number of rotatable bonds is 8. The molecule has 1 aromatic heterocycles. The van der Waals surface area contributed by atoms with Gasteiger partial charge in [0.05, 0.1) is 18.4 Å². The number of hydrogen-bond donors (Lipinski definition) is 1. The largest absolute Gasteiger partial charge is 0.465 e. The van der Waals surface area contributed by atoms with Gasteiger partial charge in [0.2, 0.25) is 0 Å². The summed E-state index contributed by atoms with van der Waals surface area (Å²) >= 11 is 0. The summed E-state index contributed by atoms with van der Waals surface area (Å²) in [6, 6.07) is 20.7. The van der Waals surface area contributed by atoms with Gasteiger partial charge in [-0.3, -0.25) is 9.59 Å². The number of benzene rings is 2. The highest BCUT2D eigenvalue weighted by Gasteiger charge is 2.50. The van der Waals surface area contributed by atoms with Crippen LogP contribution < -0.4 is 4.90 Å². The Kier molecular flexibility index (Phi) is 5.63. The Hall–Kier alpha value is -3.44. The summed E-state index contributed by atoms with van der Waals surface area (Å²) < 4.78 is 5.18. The van der Waals surface area contributed by atoms with Gasteiger partial charge in [0.15, 0.2) is 11.4 Å². The first-order valence-electron chi connectivity index (χ1n) is 10.00. The Morgan fingerprint density at radius 1 is 1.03 bits per heavy atom. The van der Waals surface area contributed by atoms with Crippen LogP contribution in [0.1, 0.15) is 29.7 Å². The highest BCUT2D eigenvalue weighted by Crippen LogP contribution is 2.42. The number of aliphatic hydroxyl groups is 1. The number of hydrogen-bond acceptors (Lipinski definition) is 4. The van der Waals surface area contributed by atoms with E-state index in [2.05, 4.69) is 12.1 Å². The van der Waals surface area contributed by atoms with Crippen molar-refractivity contribution in [1.82, 2.24) is 0 Å². The number of nitrogens with zero attached hydrogens (tertiary/aromatic N) is 1. The van der Waals surface area contributed by atoms with Crippen LogP contribution in [0.4, 0.5) is 5.69 Å². The van der Waals surface area contributed by atoms with Gasteiger partial charge in [-0.15, -0.1) is 0 Å². The summed E-state index contributed by atoms with van der Waals surface area (Å²) in [5.74, 6) is -0.254. The first kappa shape index (κ1) is 19.9. The third kappa shape index (κ3) is 3.98. The number of ketones is 1. The SMILES string of the molecule is O=C(/C=C/c1ccco1)C[C@]1(O)C(=O)N(CCCc2ccccc2)c2ccccc21. The van der Waals surface area contributed by atoms with E-state index in [-0.39, 0.29) is 12.2 Å². The molecular weight excluding hydrogens is 378 g/mol. The molecule has 1 aliphatic rings. The summed E-state index contributed by atoms with van der Waals surface area (Å²) in [7, 11) is 0. The number of carbonyl (C=O) groups is 2. The first-order valence-corrected chi connectivity index (χ1v) is 10.00. The van der Waals surface area contributed by atoms with E-state index in [1.807, 2.05) is 30.3 Å². The second-order valence-corrected chi connectivity index (χ2v) is 7.42. The lowest BCUT2D eigenvalue weighted by molar-refractivity contribution is -0.140. The molecule has 1 atom stereocenters. The average molecular weight is 401 g/mol. The van der Waals surface area contributed by atoms with E-state index in [0.717, 1.165) is 12.8 Å². The van der Waals surface area contributed by atoms with Crippen LogP contribution in [0.3, 0.4) is 0 Å². The predicted molar refractivity (Wildman–Crippen MR) is 115 cm³/mol. The molecule has 5 nitrogen and oxygen atoms in total. The number of para-hydroxylation sites is 1. The first-order chi connectivity index (χ1) is 14.6. The molecule has 5 heteroatoms. The maximum atomic E-state index is 13.2. The molecule has 0 saturated carbocycles. The molecule has 0 bridgehead atoms. The van der Waals surface area contributed by atoms with Gasteiger partial charge in [0, 0.05) is 12.1 Å². The zero-order valence-electron chi connectivity index (χ0n) is 16.5. The van der Waals surface area contributed by atoms with Crippen LogP contribution in [0.5, 0.6) is 0 Å². The molecule has 1 N–H and O–H groups in total. The second-order valence-electron chi connectivity index (χ2n) is 7.42. The fourth-order valence-electron chi connectivity index (χ4n) is 3.86. The van der Waals surface area contributed by atoms with E-state index in [0.29, 0.717) is 23.6 Å². The number of anilines is 1. The van der Waals surface area contributed by atoms with Gasteiger partial charge in [0.25, 0.3) is 5.91 Å². The Morgan fingerprint density at radius 2 is 1.80 bits per heavy atom. The Morgan fingerprint density at radius 3 is 2.57 bits per heavy atom. The average Bonchev–Trinajstić information content (AvgIpc) is 3.35. The van der Waals surface area contributed by atoms with Crippen molar-refractivity contribution in [3.05, 3.63) is 96.0 Å². The molecule has 2 aromatic carbocycles. The van der Waals surface area contributed by atoms with E-state index in [4.69, 9.17) is 4.42 Å². The minimum absolute atomic E-state index is 0.310. The summed E-state index contributed by atoms with van der Waals surface area (Å²) in [5.41, 5.74) is 0.495. The second kappa shape index (κ2) is 8.51. The summed E-state index contributed by atoms with van der Waals surface area (Å²) in [6.45, 7) is 0.476. The molecule has 3 aromatic rings. The lowest BCUT2D eigenvalue weighted by Crippen LogP contribution is -2.42. The summed E-state index contributed by atoms with van der Waals surface area (Å²) in [4.78, 5) is 27.3. The lowest BCUT2D eigenvalue weighted by Gasteiger charge is -2.22. The molecule has 0 radical (unpaired) electrons. The molecule has 30 heavy (non-hydrogen) atoms. The van der Waals surface area contributed by atoms with Crippen LogP contribution >= 0.6 is 0 Å². The predicted octanol–water partition coefficient (Wildman–Crippen LogP) is 4.12. The smallest absolute Gasteiger partial charge is 0.264 e. The van der Waals surface area contributed by atoms with E-state index in [9.17, 15) is 14.7 Å². The van der Waals surface area contributed by atoms with Crippen molar-refractivity contribution in [1.29, 1.82) is 0 Å². The van der Waals surface area contributed by atoms with Crippen LogP contribution in [-0.4, -0.2) is 23.3 Å². The van der Waals surface area contributed by atoms with Crippen molar-refractivity contribution < 1.29 is 19.1 Å². The molecule has 0 aliphatic carbocycles. The Balaban J connectivity index is 1.49. The van der Waals surface area contributed by atoms with Crippen LogP contribution in [0.15, 0.2) is 83.5 Å². The maximum Gasteiger partial charge on any atom is 0.264 e. The van der Waals surface area contributed by atoms with Crippen LogP contribution in [0, 0.1) is 0 Å². The van der Waals surface area contributed by atoms with Gasteiger partial charge in [-0.2, -0.15) is 0 Å². The standard InChI is InChI=1S/C25H23NO4/c27-20(14-15-21-11-7-17-30-21)18-25(29)22-12-4-5-13-23(22)26(24(25)28)16-6-10-19-8-2-1-3-9-19/h1-5,7-9,11-15,17,29H,6,10,16,18H2/b15-14+/t25-/m1/s1. The zero-order valence-corrected chi connectivity index (χ0v) is 16.5. The quantitative estimate of drug-likeness (QED) is 0.577. The maximum absolute atomic E-state index is 13.2. The van der Waals surface area contributed by atoms with Gasteiger partial charge >= 0.3 is 0 Å². The van der Waals surface area contributed by atoms with Gasteiger partial charge < -0.3 is 14.4 Å². The number of carbonyl (C=O) groups excluding carboxylic acids is 2. The van der Waals surface area contributed by atoms with Crippen molar-refractivity contribution in [2.75, 3.05) is 11.4 Å². The van der Waals surface area contributed by atoms with Gasteiger partial charge in [-0.25, -0.2) is 0 Å². The third-order valence-corrected chi connectivity index (χ3v) is 5.34. The molecule has 152 valence electrons. The molecule has 0 spiro atoms. The molecule has 0 fully saturated rings. The van der Waals surface area contributed by atoms with E-state index >= 15 is 0 Å². The molecule has 1 amide bonds. The molecular formula is C25H23NO4. The van der Waals surface area contributed by atoms with E-state index in [1.54, 1.807) is 29.2 Å². The summed E-state index contributed by atoms with van der Waals surface area (Å²) in [5, 5.41) is 11.3. The molecule has 0 unspecified atom stereocenters. The highest BCUT2D eigenvalue weighted by atomic mass is 16.3. The van der Waals surface area contributed by atoms with Crippen molar-refractivity contribution in [2.24, 2.45) is 0 Å². The number of amides is 1. The van der Waals surface area contributed by atoms with Gasteiger partial charge in [-0.05, 0) is 48.8 Å². The fraction of sp³-hybridized carbons (Fsp3) is 0.200. The minimum Gasteiger partial charge on any atom is -0.465 e. The van der Waals surface area contributed by atoms with Crippen molar-refractivity contribution in [3.8, 4) is 0 Å². The molecule has 2 heterocycles. The Labute approximate surface area is 175 Å². The van der Waals surface area contributed by atoms with Crippen LogP contribution in [-0.2, 0) is 21.6 Å². The van der Waals surface area contributed by atoms with Gasteiger partial charge in [0.1, 0.15) is 5.76 Å². The van der Waals surface area contributed by atoms with E-state index < -0.39 is 11.5 Å². The monoisotopic (exact) mass is 401 g/mol. The van der Waals surface area contributed by atoms with Crippen molar-refractivity contribution in [3.63, 3.8) is 0 Å². The van der Waals surface area contributed by atoms with E-state index in [1.165, 1.54) is 24.0 Å². The zero-order chi connectivity index (χ0) is 21.0. The van der Waals surface area contributed by atoms with Crippen molar-refractivity contribution in [2.45, 2.75) is 24.9 Å². The lowest BCUT2D eigenvalue weighted by atomic mass is 9.90. The Bertz CT molecular complexity index is 1060. The fourth-order valence-corrected chi connectivity index (χ4v) is 3.86. The molecule has 0 saturated heterocycles.